The second kappa shape index (κ2) is 6.24. The number of amides is 1. The van der Waals surface area contributed by atoms with E-state index in [1.807, 2.05) is 6.92 Å². The Labute approximate surface area is 140 Å². The van der Waals surface area contributed by atoms with E-state index in [1.165, 1.54) is 24.3 Å². The third-order valence-corrected chi connectivity index (χ3v) is 5.13. The lowest BCUT2D eigenvalue weighted by Gasteiger charge is -2.15. The maximum Gasteiger partial charge on any atom is 0.236 e. The SMILES string of the molecule is CCN1C(=O)Cc2cc(NS(=O)(=O)Cc3ccc(F)cc3)ccc21. The Hall–Kier alpha value is -2.41. The van der Waals surface area contributed by atoms with E-state index in [0.29, 0.717) is 17.8 Å². The Kier molecular flexibility index (Phi) is 4.28. The molecular weight excluding hydrogens is 331 g/mol. The van der Waals surface area contributed by atoms with Crippen molar-refractivity contribution in [3.8, 4) is 0 Å². The average Bonchev–Trinajstić information content (AvgIpc) is 2.83. The molecule has 0 aliphatic carbocycles. The molecule has 126 valence electrons. The van der Waals surface area contributed by atoms with Crippen LogP contribution in [0.25, 0.3) is 0 Å². The number of hydrogen-bond acceptors (Lipinski definition) is 3. The van der Waals surface area contributed by atoms with Crippen LogP contribution >= 0.6 is 0 Å². The van der Waals surface area contributed by atoms with Crippen molar-refractivity contribution >= 4 is 27.3 Å². The van der Waals surface area contributed by atoms with Gasteiger partial charge in [0.15, 0.2) is 0 Å². The maximum atomic E-state index is 12.9. The van der Waals surface area contributed by atoms with Crippen LogP contribution in [0.5, 0.6) is 0 Å². The van der Waals surface area contributed by atoms with Gasteiger partial charge in [-0.3, -0.25) is 9.52 Å². The molecule has 0 aromatic heterocycles. The Morgan fingerprint density at radius 2 is 1.88 bits per heavy atom. The van der Waals surface area contributed by atoms with E-state index in [1.54, 1.807) is 23.1 Å². The number of nitrogens with one attached hydrogen (secondary N) is 1. The van der Waals surface area contributed by atoms with Gasteiger partial charge in [0.1, 0.15) is 5.82 Å². The number of rotatable bonds is 5. The normalized spacial score (nSPS) is 13.9. The Morgan fingerprint density at radius 1 is 1.17 bits per heavy atom. The first-order chi connectivity index (χ1) is 11.4. The summed E-state index contributed by atoms with van der Waals surface area (Å²) >= 11 is 0. The van der Waals surface area contributed by atoms with E-state index in [9.17, 15) is 17.6 Å². The van der Waals surface area contributed by atoms with Gasteiger partial charge < -0.3 is 4.90 Å². The van der Waals surface area contributed by atoms with E-state index in [0.717, 1.165) is 11.3 Å². The molecule has 7 heteroatoms. The molecule has 1 aliphatic rings. The largest absolute Gasteiger partial charge is 0.312 e. The number of fused-ring (bicyclic) bond motifs is 1. The second-order valence-corrected chi connectivity index (χ2v) is 7.37. The van der Waals surface area contributed by atoms with Crippen LogP contribution in [0.3, 0.4) is 0 Å². The fourth-order valence-corrected chi connectivity index (χ4v) is 4.00. The summed E-state index contributed by atoms with van der Waals surface area (Å²) in [5, 5.41) is 0. The maximum absolute atomic E-state index is 12.9. The Bertz CT molecular complexity index is 879. The van der Waals surface area contributed by atoms with Gasteiger partial charge in [-0.15, -0.1) is 0 Å². The quantitative estimate of drug-likeness (QED) is 0.903. The molecule has 0 unspecified atom stereocenters. The summed E-state index contributed by atoms with van der Waals surface area (Å²) in [4.78, 5) is 13.6. The van der Waals surface area contributed by atoms with Crippen LogP contribution in [0.4, 0.5) is 15.8 Å². The van der Waals surface area contributed by atoms with E-state index in [4.69, 9.17) is 0 Å². The zero-order valence-electron chi connectivity index (χ0n) is 13.1. The molecule has 0 saturated carbocycles. The third kappa shape index (κ3) is 3.41. The smallest absolute Gasteiger partial charge is 0.236 e. The van der Waals surface area contributed by atoms with Gasteiger partial charge in [0.05, 0.1) is 12.2 Å². The van der Waals surface area contributed by atoms with Crippen molar-refractivity contribution in [1.82, 2.24) is 0 Å². The van der Waals surface area contributed by atoms with Crippen molar-refractivity contribution in [3.63, 3.8) is 0 Å². The molecule has 0 radical (unpaired) electrons. The number of carbonyl (C=O) groups excluding carboxylic acids is 1. The van der Waals surface area contributed by atoms with Gasteiger partial charge in [0.2, 0.25) is 15.9 Å². The minimum atomic E-state index is -3.62. The molecule has 1 amide bonds. The first-order valence-electron chi connectivity index (χ1n) is 7.56. The van der Waals surface area contributed by atoms with E-state index in [-0.39, 0.29) is 18.1 Å². The Balaban J connectivity index is 1.77. The summed E-state index contributed by atoms with van der Waals surface area (Å²) in [5.74, 6) is -0.642. The highest BCUT2D eigenvalue weighted by Crippen LogP contribution is 2.31. The van der Waals surface area contributed by atoms with Gasteiger partial charge in [-0.25, -0.2) is 12.8 Å². The van der Waals surface area contributed by atoms with E-state index >= 15 is 0 Å². The molecule has 1 N–H and O–H groups in total. The number of halogens is 1. The number of likely N-dealkylation sites (N-methyl/N-ethyl adjacent to an activating group) is 1. The monoisotopic (exact) mass is 348 g/mol. The van der Waals surface area contributed by atoms with Gasteiger partial charge in [0, 0.05) is 17.9 Å². The second-order valence-electron chi connectivity index (χ2n) is 5.65. The highest BCUT2D eigenvalue weighted by atomic mass is 32.2. The van der Waals surface area contributed by atoms with Crippen molar-refractivity contribution in [2.45, 2.75) is 19.1 Å². The topological polar surface area (TPSA) is 66.5 Å². The van der Waals surface area contributed by atoms with Crippen LogP contribution in [0.1, 0.15) is 18.1 Å². The summed E-state index contributed by atoms with van der Waals surface area (Å²) in [5.41, 5.74) is 2.55. The molecule has 1 heterocycles. The van der Waals surface area contributed by atoms with Crippen LogP contribution in [0.15, 0.2) is 42.5 Å². The van der Waals surface area contributed by atoms with Crippen LogP contribution in [-0.2, 0) is 27.0 Å². The van der Waals surface area contributed by atoms with Gasteiger partial charge in [0.25, 0.3) is 0 Å². The van der Waals surface area contributed by atoms with Crippen LogP contribution in [0.2, 0.25) is 0 Å². The highest BCUT2D eigenvalue weighted by Gasteiger charge is 2.26. The molecule has 3 rings (SSSR count). The molecule has 0 spiro atoms. The molecular formula is C17H17FN2O3S. The molecule has 24 heavy (non-hydrogen) atoms. The minimum absolute atomic E-state index is 0.0128. The van der Waals surface area contributed by atoms with Gasteiger partial charge >= 0.3 is 0 Å². The molecule has 0 atom stereocenters. The Morgan fingerprint density at radius 3 is 2.54 bits per heavy atom. The summed E-state index contributed by atoms with van der Waals surface area (Å²) in [7, 11) is -3.62. The highest BCUT2D eigenvalue weighted by molar-refractivity contribution is 7.91. The zero-order valence-corrected chi connectivity index (χ0v) is 13.9. The third-order valence-electron chi connectivity index (χ3n) is 3.87. The van der Waals surface area contributed by atoms with Crippen LogP contribution in [0, 0.1) is 5.82 Å². The lowest BCUT2D eigenvalue weighted by atomic mass is 10.1. The van der Waals surface area contributed by atoms with Crippen molar-refractivity contribution in [2.24, 2.45) is 0 Å². The summed E-state index contributed by atoms with van der Waals surface area (Å²) < 4.78 is 39.9. The van der Waals surface area contributed by atoms with Crippen molar-refractivity contribution in [3.05, 3.63) is 59.4 Å². The van der Waals surface area contributed by atoms with E-state index in [2.05, 4.69) is 4.72 Å². The fraction of sp³-hybridized carbons (Fsp3) is 0.235. The summed E-state index contributed by atoms with van der Waals surface area (Å²) in [6, 6.07) is 10.4. The lowest BCUT2D eigenvalue weighted by molar-refractivity contribution is -0.117. The average molecular weight is 348 g/mol. The number of hydrogen-bond donors (Lipinski definition) is 1. The first kappa shape index (κ1) is 16.4. The lowest BCUT2D eigenvalue weighted by Crippen LogP contribution is -2.25. The zero-order chi connectivity index (χ0) is 17.3. The summed E-state index contributed by atoms with van der Waals surface area (Å²) in [6.45, 7) is 2.48. The summed E-state index contributed by atoms with van der Waals surface area (Å²) in [6.07, 6.45) is 0.275. The molecule has 0 fully saturated rings. The molecule has 0 saturated heterocycles. The standard InChI is InChI=1S/C17H17FN2O3S/c1-2-20-16-8-7-15(9-13(16)10-17(20)21)19-24(22,23)11-12-3-5-14(18)6-4-12/h3-9,19H,2,10-11H2,1H3. The molecule has 2 aromatic rings. The van der Waals surface area contributed by atoms with Gasteiger partial charge in [-0.2, -0.15) is 0 Å². The number of nitrogens with zero attached hydrogens (tertiary/aromatic N) is 1. The molecule has 2 aromatic carbocycles. The van der Waals surface area contributed by atoms with Crippen molar-refractivity contribution in [1.29, 1.82) is 0 Å². The number of anilines is 2. The fourth-order valence-electron chi connectivity index (χ4n) is 2.81. The molecule has 0 bridgehead atoms. The predicted octanol–water partition coefficient (Wildman–Crippen LogP) is 2.68. The van der Waals surface area contributed by atoms with Crippen molar-refractivity contribution < 1.29 is 17.6 Å². The number of sulfonamides is 1. The first-order valence-corrected chi connectivity index (χ1v) is 9.21. The molecule has 1 aliphatic heterocycles. The number of carbonyl (C=O) groups is 1. The van der Waals surface area contributed by atoms with Crippen molar-refractivity contribution in [2.75, 3.05) is 16.2 Å². The van der Waals surface area contributed by atoms with Crippen LogP contribution in [-0.4, -0.2) is 20.9 Å². The van der Waals surface area contributed by atoms with Gasteiger partial charge in [-0.05, 0) is 48.4 Å². The van der Waals surface area contributed by atoms with E-state index < -0.39 is 15.8 Å². The predicted molar refractivity (Wildman–Crippen MR) is 90.8 cm³/mol. The van der Waals surface area contributed by atoms with Crippen LogP contribution < -0.4 is 9.62 Å². The number of benzene rings is 2. The minimum Gasteiger partial charge on any atom is -0.312 e. The molecule has 5 nitrogen and oxygen atoms in total. The van der Waals surface area contributed by atoms with Gasteiger partial charge in [-0.1, -0.05) is 12.1 Å².